The lowest BCUT2D eigenvalue weighted by molar-refractivity contribution is -0.141. The molecular formula is C13H12F5N3O. The highest BCUT2D eigenvalue weighted by Crippen LogP contribution is 2.25. The number of anilines is 1. The van der Waals surface area contributed by atoms with Crippen LogP contribution in [0.3, 0.4) is 0 Å². The number of alkyl halides is 3. The Bertz CT molecular complexity index is 630. The molecular weight excluding hydrogens is 309 g/mol. The molecule has 4 nitrogen and oxygen atoms in total. The molecule has 0 fully saturated rings. The Morgan fingerprint density at radius 2 is 1.86 bits per heavy atom. The SMILES string of the molecule is COc1c(F)cc(NCc2nccn2CC(F)(F)F)cc1F. The summed E-state index contributed by atoms with van der Waals surface area (Å²) < 4.78 is 69.6. The molecule has 22 heavy (non-hydrogen) atoms. The maximum absolute atomic E-state index is 13.5. The standard InChI is InChI=1S/C13H12F5N3O/c1-22-12-9(14)4-8(5-10(12)15)20-6-11-19-2-3-21(11)7-13(16,17)18/h2-5,20H,6-7H2,1H3. The monoisotopic (exact) mass is 321 g/mol. The third-order valence-electron chi connectivity index (χ3n) is 2.80. The van der Waals surface area contributed by atoms with Gasteiger partial charge in [0.1, 0.15) is 12.4 Å². The third kappa shape index (κ3) is 3.86. The first-order chi connectivity index (χ1) is 10.3. The number of ether oxygens (including phenoxy) is 1. The van der Waals surface area contributed by atoms with Crippen molar-refractivity contribution in [3.05, 3.63) is 42.0 Å². The van der Waals surface area contributed by atoms with Crippen LogP contribution in [0.15, 0.2) is 24.5 Å². The van der Waals surface area contributed by atoms with E-state index in [1.54, 1.807) is 0 Å². The highest BCUT2D eigenvalue weighted by molar-refractivity contribution is 5.48. The van der Waals surface area contributed by atoms with Crippen molar-refractivity contribution in [3.63, 3.8) is 0 Å². The number of aromatic nitrogens is 2. The van der Waals surface area contributed by atoms with Gasteiger partial charge < -0.3 is 14.6 Å². The predicted octanol–water partition coefficient (Wildman–Crippen LogP) is 3.34. The number of imidazole rings is 1. The smallest absolute Gasteiger partial charge is 0.406 e. The average molecular weight is 321 g/mol. The quantitative estimate of drug-likeness (QED) is 0.859. The molecule has 0 saturated heterocycles. The van der Waals surface area contributed by atoms with Gasteiger partial charge in [0.2, 0.25) is 0 Å². The van der Waals surface area contributed by atoms with E-state index in [0.29, 0.717) is 0 Å². The van der Waals surface area contributed by atoms with Gasteiger partial charge in [-0.2, -0.15) is 13.2 Å². The highest BCUT2D eigenvalue weighted by atomic mass is 19.4. The topological polar surface area (TPSA) is 39.1 Å². The molecule has 1 aromatic carbocycles. The number of nitrogens with one attached hydrogen (secondary N) is 1. The van der Waals surface area contributed by atoms with Crippen molar-refractivity contribution in [2.24, 2.45) is 0 Å². The first kappa shape index (κ1) is 16.1. The third-order valence-corrected chi connectivity index (χ3v) is 2.80. The van der Waals surface area contributed by atoms with Gasteiger partial charge in [-0.25, -0.2) is 13.8 Å². The molecule has 0 saturated carbocycles. The Kier molecular flexibility index (Phi) is 4.53. The van der Waals surface area contributed by atoms with Gasteiger partial charge in [-0.3, -0.25) is 0 Å². The maximum Gasteiger partial charge on any atom is 0.406 e. The Hall–Kier alpha value is -2.32. The minimum atomic E-state index is -4.38. The second-order valence-electron chi connectivity index (χ2n) is 4.41. The molecule has 2 aromatic rings. The molecule has 0 aliphatic carbocycles. The van der Waals surface area contributed by atoms with Crippen LogP contribution in [-0.2, 0) is 13.1 Å². The normalized spacial score (nSPS) is 11.5. The molecule has 120 valence electrons. The zero-order valence-corrected chi connectivity index (χ0v) is 11.4. The summed E-state index contributed by atoms with van der Waals surface area (Å²) in [5.41, 5.74) is 0.0670. The minimum Gasteiger partial charge on any atom is -0.491 e. The highest BCUT2D eigenvalue weighted by Gasteiger charge is 2.28. The van der Waals surface area contributed by atoms with Crippen LogP contribution >= 0.6 is 0 Å². The number of rotatable bonds is 5. The molecule has 0 unspecified atom stereocenters. The van der Waals surface area contributed by atoms with Crippen molar-refractivity contribution in [2.75, 3.05) is 12.4 Å². The zero-order valence-electron chi connectivity index (χ0n) is 11.4. The van der Waals surface area contributed by atoms with E-state index in [9.17, 15) is 22.0 Å². The fourth-order valence-corrected chi connectivity index (χ4v) is 1.88. The molecule has 1 heterocycles. The summed E-state index contributed by atoms with van der Waals surface area (Å²) in [4.78, 5) is 3.78. The van der Waals surface area contributed by atoms with E-state index in [4.69, 9.17) is 0 Å². The van der Waals surface area contributed by atoms with E-state index in [2.05, 4.69) is 15.0 Å². The van der Waals surface area contributed by atoms with Gasteiger partial charge in [0.15, 0.2) is 17.4 Å². The fraction of sp³-hybridized carbons (Fsp3) is 0.308. The second kappa shape index (κ2) is 6.20. The lowest BCUT2D eigenvalue weighted by atomic mass is 10.2. The number of methoxy groups -OCH3 is 1. The van der Waals surface area contributed by atoms with Crippen molar-refractivity contribution >= 4 is 5.69 Å². The zero-order chi connectivity index (χ0) is 16.3. The number of halogens is 5. The Balaban J connectivity index is 2.10. The lowest BCUT2D eigenvalue weighted by Gasteiger charge is -2.12. The van der Waals surface area contributed by atoms with E-state index in [1.807, 2.05) is 0 Å². The van der Waals surface area contributed by atoms with Crippen molar-refractivity contribution < 1.29 is 26.7 Å². The van der Waals surface area contributed by atoms with Gasteiger partial charge in [-0.05, 0) is 0 Å². The minimum absolute atomic E-state index is 0.0670. The first-order valence-corrected chi connectivity index (χ1v) is 6.14. The molecule has 2 rings (SSSR count). The van der Waals surface area contributed by atoms with Crippen molar-refractivity contribution in [2.45, 2.75) is 19.3 Å². The molecule has 0 amide bonds. The number of hydrogen-bond donors (Lipinski definition) is 1. The Morgan fingerprint density at radius 1 is 1.23 bits per heavy atom. The number of nitrogens with zero attached hydrogens (tertiary/aromatic N) is 2. The molecule has 1 aromatic heterocycles. The molecule has 0 radical (unpaired) electrons. The summed E-state index contributed by atoms with van der Waals surface area (Å²) >= 11 is 0. The van der Waals surface area contributed by atoms with Crippen LogP contribution in [0.2, 0.25) is 0 Å². The molecule has 0 aliphatic heterocycles. The summed E-state index contributed by atoms with van der Waals surface area (Å²) in [5.74, 6) is -2.26. The second-order valence-corrected chi connectivity index (χ2v) is 4.41. The lowest BCUT2D eigenvalue weighted by Crippen LogP contribution is -2.20. The molecule has 0 atom stereocenters. The van der Waals surface area contributed by atoms with E-state index >= 15 is 0 Å². The molecule has 1 N–H and O–H groups in total. The summed E-state index contributed by atoms with van der Waals surface area (Å²) in [5, 5.41) is 2.62. The Morgan fingerprint density at radius 3 is 2.41 bits per heavy atom. The van der Waals surface area contributed by atoms with Gasteiger partial charge in [0.05, 0.1) is 13.7 Å². The summed E-state index contributed by atoms with van der Waals surface area (Å²) in [6.07, 6.45) is -1.98. The Labute approximate surface area is 122 Å². The number of benzene rings is 1. The molecule has 0 aliphatic rings. The van der Waals surface area contributed by atoms with Crippen LogP contribution in [0.1, 0.15) is 5.82 Å². The summed E-state index contributed by atoms with van der Waals surface area (Å²) in [7, 11) is 1.13. The van der Waals surface area contributed by atoms with Crippen LogP contribution in [0.25, 0.3) is 0 Å². The van der Waals surface area contributed by atoms with E-state index in [1.165, 1.54) is 12.4 Å². The van der Waals surface area contributed by atoms with Gasteiger partial charge in [0.25, 0.3) is 0 Å². The van der Waals surface area contributed by atoms with Crippen LogP contribution in [0.5, 0.6) is 5.75 Å². The van der Waals surface area contributed by atoms with Gasteiger partial charge in [-0.15, -0.1) is 0 Å². The molecule has 0 spiro atoms. The fourth-order valence-electron chi connectivity index (χ4n) is 1.88. The van der Waals surface area contributed by atoms with Gasteiger partial charge in [-0.1, -0.05) is 0 Å². The van der Waals surface area contributed by atoms with Crippen LogP contribution in [-0.4, -0.2) is 22.8 Å². The van der Waals surface area contributed by atoms with Gasteiger partial charge in [0, 0.05) is 30.2 Å². The number of hydrogen-bond acceptors (Lipinski definition) is 3. The van der Waals surface area contributed by atoms with E-state index < -0.39 is 30.1 Å². The van der Waals surface area contributed by atoms with Gasteiger partial charge >= 0.3 is 6.18 Å². The summed E-state index contributed by atoms with van der Waals surface area (Å²) in [6.45, 7) is -1.30. The van der Waals surface area contributed by atoms with Crippen LogP contribution < -0.4 is 10.1 Å². The van der Waals surface area contributed by atoms with Crippen LogP contribution in [0.4, 0.5) is 27.6 Å². The van der Waals surface area contributed by atoms with Crippen molar-refractivity contribution in [1.29, 1.82) is 0 Å². The molecule has 0 bridgehead atoms. The van der Waals surface area contributed by atoms with E-state index in [0.717, 1.165) is 23.8 Å². The largest absolute Gasteiger partial charge is 0.491 e. The molecule has 9 heteroatoms. The first-order valence-electron chi connectivity index (χ1n) is 6.14. The maximum atomic E-state index is 13.5. The summed E-state index contributed by atoms with van der Waals surface area (Å²) in [6, 6.07) is 1.97. The average Bonchev–Trinajstić information content (AvgIpc) is 2.81. The van der Waals surface area contributed by atoms with Crippen LogP contribution in [0, 0.1) is 11.6 Å². The predicted molar refractivity (Wildman–Crippen MR) is 68.5 cm³/mol. The van der Waals surface area contributed by atoms with Crippen molar-refractivity contribution in [1.82, 2.24) is 9.55 Å². The van der Waals surface area contributed by atoms with E-state index in [-0.39, 0.29) is 18.1 Å². The van der Waals surface area contributed by atoms with Crippen molar-refractivity contribution in [3.8, 4) is 5.75 Å².